The van der Waals surface area contributed by atoms with Gasteiger partial charge in [-0.2, -0.15) is 0 Å². The number of hydrogen-bond acceptors (Lipinski definition) is 18. The first-order valence-corrected chi connectivity index (χ1v) is 33.7. The molecule has 0 saturated carbocycles. The Hall–Kier alpha value is -1.99. The second kappa shape index (κ2) is 48.8. The highest BCUT2D eigenvalue weighted by molar-refractivity contribution is 5.76. The van der Waals surface area contributed by atoms with E-state index in [-0.39, 0.29) is 18.9 Å². The van der Waals surface area contributed by atoms with E-state index in [1.54, 1.807) is 6.08 Å². The van der Waals surface area contributed by atoms with Gasteiger partial charge in [-0.05, 0) is 44.9 Å². The standard InChI is InChI=1S/C66H121NO18/c1-3-5-7-9-11-13-15-17-18-19-20-21-22-23-24-25-26-27-28-29-30-32-33-35-37-39-41-43-50(71)49(67-54(72)44-42-40-38-36-34-31-16-14-12-10-8-6-4-2)48-80-64-60(78)57(75)62(52(46-69)82-64)85-66-61(79)58(76)63(53(47-70)83-66)84-65-59(77)56(74)55(73)51(45-68)81-65/h8,10,14,16,41,43,49-53,55-66,68-71,73-79H,3-7,9,11-13,15,17-40,42,44-48H2,1-2H3,(H,67,72)/b10-8-,16-14-,43-41+. The van der Waals surface area contributed by atoms with Gasteiger partial charge in [-0.15, -0.1) is 0 Å². The molecule has 17 atom stereocenters. The Morgan fingerprint density at radius 1 is 0.424 bits per heavy atom. The number of ether oxygens (including phenoxy) is 6. The largest absolute Gasteiger partial charge is 0.394 e. The van der Waals surface area contributed by atoms with Gasteiger partial charge in [0.2, 0.25) is 5.91 Å². The molecule has 0 aromatic rings. The number of aliphatic hydroxyl groups excluding tert-OH is 11. The van der Waals surface area contributed by atoms with Crippen LogP contribution in [0.5, 0.6) is 0 Å². The fourth-order valence-corrected chi connectivity index (χ4v) is 11.4. The third-order valence-electron chi connectivity index (χ3n) is 16.9. The minimum Gasteiger partial charge on any atom is -0.394 e. The summed E-state index contributed by atoms with van der Waals surface area (Å²) in [5.74, 6) is -0.289. The highest BCUT2D eigenvalue weighted by Crippen LogP contribution is 2.33. The monoisotopic (exact) mass is 1220 g/mol. The fourth-order valence-electron chi connectivity index (χ4n) is 11.4. The molecule has 3 heterocycles. The van der Waals surface area contributed by atoms with Crippen LogP contribution in [0.25, 0.3) is 0 Å². The number of allylic oxidation sites excluding steroid dienone is 5. The number of carbonyl (C=O) groups is 1. The van der Waals surface area contributed by atoms with Gasteiger partial charge < -0.3 is 89.9 Å². The molecule has 0 radical (unpaired) electrons. The Morgan fingerprint density at radius 2 is 0.800 bits per heavy atom. The summed E-state index contributed by atoms with van der Waals surface area (Å²) in [6.45, 7) is 1.66. The lowest BCUT2D eigenvalue weighted by Crippen LogP contribution is -2.66. The van der Waals surface area contributed by atoms with Crippen LogP contribution >= 0.6 is 0 Å². The lowest BCUT2D eigenvalue weighted by molar-refractivity contribution is -0.379. The van der Waals surface area contributed by atoms with Crippen LogP contribution in [0.2, 0.25) is 0 Å². The van der Waals surface area contributed by atoms with E-state index in [0.29, 0.717) is 6.42 Å². The Balaban J connectivity index is 1.42. The van der Waals surface area contributed by atoms with Crippen molar-refractivity contribution in [3.63, 3.8) is 0 Å². The van der Waals surface area contributed by atoms with E-state index in [2.05, 4.69) is 43.5 Å². The SMILES string of the molecule is CCC/C=C\C/C=C\CCCCCCCC(=O)NC(COC1OC(CO)C(OC2OC(CO)C(OC3OC(CO)C(O)C(O)C3O)C(O)C2O)C(O)C1O)C(O)/C=C/CCCCCCCCCCCCCCCCCCCCCCCCCCC. The highest BCUT2D eigenvalue weighted by Gasteiger charge is 2.53. The zero-order valence-electron chi connectivity index (χ0n) is 52.3. The second-order valence-electron chi connectivity index (χ2n) is 24.3. The van der Waals surface area contributed by atoms with Gasteiger partial charge >= 0.3 is 0 Å². The molecule has 0 aromatic carbocycles. The lowest BCUT2D eigenvalue weighted by Gasteiger charge is -2.48. The average Bonchev–Trinajstić information content (AvgIpc) is 3.60. The number of unbranched alkanes of at least 4 members (excludes halogenated alkanes) is 31. The molecule has 498 valence electrons. The molecule has 1 amide bonds. The normalized spacial score (nSPS) is 29.2. The molecule has 0 spiro atoms. The topological polar surface area (TPSA) is 307 Å². The molecule has 3 fully saturated rings. The Kier molecular flexibility index (Phi) is 44.4. The van der Waals surface area contributed by atoms with E-state index in [9.17, 15) is 61.0 Å². The fraction of sp³-hybridized carbons (Fsp3) is 0.894. The maximum atomic E-state index is 13.3. The minimum atomic E-state index is -1.98. The number of rotatable bonds is 51. The van der Waals surface area contributed by atoms with Crippen LogP contribution in [0.4, 0.5) is 0 Å². The highest BCUT2D eigenvalue weighted by atomic mass is 16.8. The maximum Gasteiger partial charge on any atom is 0.220 e. The summed E-state index contributed by atoms with van der Waals surface area (Å²) in [7, 11) is 0. The van der Waals surface area contributed by atoms with E-state index in [4.69, 9.17) is 28.4 Å². The third kappa shape index (κ3) is 31.5. The van der Waals surface area contributed by atoms with Gasteiger partial charge in [0, 0.05) is 6.42 Å². The third-order valence-corrected chi connectivity index (χ3v) is 16.9. The summed E-state index contributed by atoms with van der Waals surface area (Å²) in [5, 5.41) is 120. The molecule has 12 N–H and O–H groups in total. The predicted molar refractivity (Wildman–Crippen MR) is 328 cm³/mol. The van der Waals surface area contributed by atoms with Gasteiger partial charge in [0.25, 0.3) is 0 Å². The van der Waals surface area contributed by atoms with Crippen LogP contribution in [0, 0.1) is 0 Å². The van der Waals surface area contributed by atoms with Crippen molar-refractivity contribution in [3.8, 4) is 0 Å². The second-order valence-corrected chi connectivity index (χ2v) is 24.3. The zero-order valence-corrected chi connectivity index (χ0v) is 52.3. The van der Waals surface area contributed by atoms with Crippen LogP contribution in [0.15, 0.2) is 36.5 Å². The smallest absolute Gasteiger partial charge is 0.220 e. The average molecular weight is 1220 g/mol. The number of carbonyl (C=O) groups excluding carboxylic acids is 1. The molecule has 3 aliphatic rings. The molecule has 0 bridgehead atoms. The summed E-state index contributed by atoms with van der Waals surface area (Å²) >= 11 is 0. The molecular weight excluding hydrogens is 1090 g/mol. The van der Waals surface area contributed by atoms with E-state index in [1.165, 1.54) is 141 Å². The van der Waals surface area contributed by atoms with Gasteiger partial charge in [-0.25, -0.2) is 0 Å². The summed E-state index contributed by atoms with van der Waals surface area (Å²) in [4.78, 5) is 13.3. The molecule has 85 heavy (non-hydrogen) atoms. The Bertz CT molecular complexity index is 1690. The van der Waals surface area contributed by atoms with Crippen molar-refractivity contribution >= 4 is 5.91 Å². The summed E-state index contributed by atoms with van der Waals surface area (Å²) in [6.07, 6.45) is 28.5. The van der Waals surface area contributed by atoms with Crippen molar-refractivity contribution in [1.82, 2.24) is 5.32 Å². The van der Waals surface area contributed by atoms with E-state index >= 15 is 0 Å². The maximum absolute atomic E-state index is 13.3. The molecule has 3 rings (SSSR count). The molecule has 19 nitrogen and oxygen atoms in total. The minimum absolute atomic E-state index is 0.227. The molecule has 17 unspecified atom stereocenters. The van der Waals surface area contributed by atoms with Gasteiger partial charge in [-0.3, -0.25) is 4.79 Å². The first kappa shape index (κ1) is 77.3. The Morgan fingerprint density at radius 3 is 1.25 bits per heavy atom. The van der Waals surface area contributed by atoms with Crippen molar-refractivity contribution in [2.75, 3.05) is 26.4 Å². The quantitative estimate of drug-likeness (QED) is 0.0202. The van der Waals surface area contributed by atoms with Crippen LogP contribution in [-0.4, -0.2) is 193 Å². The van der Waals surface area contributed by atoms with E-state index in [1.807, 2.05) is 6.08 Å². The number of amides is 1. The summed E-state index contributed by atoms with van der Waals surface area (Å²) in [6, 6.07) is -0.980. The van der Waals surface area contributed by atoms with Crippen molar-refractivity contribution in [2.24, 2.45) is 0 Å². The molecule has 3 aliphatic heterocycles. The lowest BCUT2D eigenvalue weighted by atomic mass is 9.96. The summed E-state index contributed by atoms with van der Waals surface area (Å²) < 4.78 is 34.3. The molecular formula is C66H121NO18. The van der Waals surface area contributed by atoms with Crippen LogP contribution in [0.1, 0.15) is 245 Å². The summed E-state index contributed by atoms with van der Waals surface area (Å²) in [5.41, 5.74) is 0. The molecule has 0 aromatic heterocycles. The Labute approximate surface area is 511 Å². The van der Waals surface area contributed by atoms with Gasteiger partial charge in [-0.1, -0.05) is 230 Å². The molecule has 3 saturated heterocycles. The molecule has 19 heteroatoms. The van der Waals surface area contributed by atoms with Gasteiger partial charge in [0.1, 0.15) is 73.2 Å². The van der Waals surface area contributed by atoms with Crippen molar-refractivity contribution in [1.29, 1.82) is 0 Å². The van der Waals surface area contributed by atoms with Crippen LogP contribution in [-0.2, 0) is 33.2 Å². The van der Waals surface area contributed by atoms with Crippen molar-refractivity contribution in [3.05, 3.63) is 36.5 Å². The number of nitrogens with one attached hydrogen (secondary N) is 1. The zero-order chi connectivity index (χ0) is 61.9. The van der Waals surface area contributed by atoms with Crippen LogP contribution < -0.4 is 5.32 Å². The molecule has 0 aliphatic carbocycles. The number of aliphatic hydroxyl groups is 11. The van der Waals surface area contributed by atoms with E-state index < -0.39 is 124 Å². The van der Waals surface area contributed by atoms with Gasteiger partial charge in [0.05, 0.1) is 38.6 Å². The van der Waals surface area contributed by atoms with Crippen molar-refractivity contribution < 1.29 is 89.4 Å². The predicted octanol–water partition coefficient (Wildman–Crippen LogP) is 8.05. The first-order valence-electron chi connectivity index (χ1n) is 33.7. The van der Waals surface area contributed by atoms with Crippen molar-refractivity contribution in [2.45, 2.75) is 349 Å². The van der Waals surface area contributed by atoms with Crippen LogP contribution in [0.3, 0.4) is 0 Å². The van der Waals surface area contributed by atoms with E-state index in [0.717, 1.165) is 77.0 Å². The van der Waals surface area contributed by atoms with Gasteiger partial charge in [0.15, 0.2) is 18.9 Å². The number of hydrogen-bond donors (Lipinski definition) is 12. The first-order chi connectivity index (χ1) is 41.3.